The number of methoxy groups -OCH3 is 1. The molecule has 3 aromatic carbocycles. The average Bonchev–Trinajstić information content (AvgIpc) is 3.80. The van der Waals surface area contributed by atoms with Gasteiger partial charge in [0.25, 0.3) is 0 Å². The molecule has 1 aliphatic carbocycles. The molecule has 1 saturated carbocycles. The molecule has 228 valence electrons. The summed E-state index contributed by atoms with van der Waals surface area (Å²) in [5, 5.41) is 16.9. The van der Waals surface area contributed by atoms with Crippen molar-refractivity contribution in [3.05, 3.63) is 77.7 Å². The number of benzene rings is 3. The van der Waals surface area contributed by atoms with Crippen LogP contribution < -0.4 is 59.5 Å². The first-order valence-electron chi connectivity index (χ1n) is 13.8. The third-order valence-corrected chi connectivity index (χ3v) is 7.37. The van der Waals surface area contributed by atoms with Gasteiger partial charge in [0.05, 0.1) is 19.2 Å². The van der Waals surface area contributed by atoms with Crippen molar-refractivity contribution in [1.82, 2.24) is 4.98 Å². The van der Waals surface area contributed by atoms with Gasteiger partial charge in [-0.2, -0.15) is 0 Å². The maximum absolute atomic E-state index is 15.2. The van der Waals surface area contributed by atoms with E-state index in [4.69, 9.17) is 25.8 Å². The monoisotopic (exact) mass is 643 g/mol. The molecule has 0 unspecified atom stereocenters. The number of aromatic nitrogens is 1. The van der Waals surface area contributed by atoms with E-state index in [1.807, 2.05) is 0 Å². The molecule has 13 heteroatoms. The van der Waals surface area contributed by atoms with Crippen LogP contribution in [0.25, 0.3) is 10.9 Å². The van der Waals surface area contributed by atoms with Gasteiger partial charge in [0.2, 0.25) is 11.8 Å². The zero-order valence-corrected chi connectivity index (χ0v) is 27.4. The van der Waals surface area contributed by atoms with Crippen LogP contribution >= 0.6 is 11.6 Å². The smallest absolute Gasteiger partial charge is 0.550 e. The molecule has 1 aromatic heterocycles. The standard InChI is InChI=1S/C32H29ClFN3O7.Na/c1-42-27-17-22-24(18-28(27)43-14-3-2-7-29(38)39)35-13-10-25(22)44-26-9-8-21(16-23(26)34)37-31(41)32(11-12-32)30(40)36-20-6-4-5-19(33)15-20;/h4-6,8-10,13,15-18H,2-3,7,11-12,14H2,1H3,(H,36,40)(H,37,41)(H,38,39);/q;+1/p-1. The van der Waals surface area contributed by atoms with Crippen LogP contribution in [0.5, 0.6) is 23.0 Å². The molecule has 1 aliphatic rings. The Kier molecular flexibility index (Phi) is 11.3. The summed E-state index contributed by atoms with van der Waals surface area (Å²) in [6, 6.07) is 15.5. The molecule has 45 heavy (non-hydrogen) atoms. The number of rotatable bonds is 13. The number of anilines is 2. The van der Waals surface area contributed by atoms with Crippen LogP contribution in [0.2, 0.25) is 5.02 Å². The van der Waals surface area contributed by atoms with Crippen LogP contribution in [0.3, 0.4) is 0 Å². The van der Waals surface area contributed by atoms with Crippen LogP contribution in [0.1, 0.15) is 32.1 Å². The molecule has 0 radical (unpaired) electrons. The first-order chi connectivity index (χ1) is 21.2. The summed E-state index contributed by atoms with van der Waals surface area (Å²) in [6.07, 6.45) is 3.11. The third kappa shape index (κ3) is 8.23. The molecule has 10 nitrogen and oxygen atoms in total. The number of fused-ring (bicyclic) bond motifs is 1. The van der Waals surface area contributed by atoms with Gasteiger partial charge in [-0.25, -0.2) is 4.39 Å². The molecule has 2 N–H and O–H groups in total. The fourth-order valence-electron chi connectivity index (χ4n) is 4.57. The molecule has 0 atom stereocenters. The Labute approximate surface area is 285 Å². The van der Waals surface area contributed by atoms with Gasteiger partial charge < -0.3 is 34.7 Å². The summed E-state index contributed by atoms with van der Waals surface area (Å²) in [7, 11) is 1.47. The average molecular weight is 644 g/mol. The van der Waals surface area contributed by atoms with E-state index in [1.54, 1.807) is 42.5 Å². The van der Waals surface area contributed by atoms with E-state index < -0.39 is 29.0 Å². The van der Waals surface area contributed by atoms with Gasteiger partial charge in [-0.3, -0.25) is 14.6 Å². The topological polar surface area (TPSA) is 139 Å². The molecule has 2 amide bonds. The van der Waals surface area contributed by atoms with Gasteiger partial charge in [-0.05, 0) is 74.6 Å². The molecule has 0 bridgehead atoms. The van der Waals surface area contributed by atoms with E-state index in [2.05, 4.69) is 15.6 Å². The van der Waals surface area contributed by atoms with Crippen molar-refractivity contribution in [2.45, 2.75) is 32.1 Å². The quantitative estimate of drug-likeness (QED) is 0.129. The molecule has 0 spiro atoms. The van der Waals surface area contributed by atoms with E-state index in [9.17, 15) is 19.5 Å². The summed E-state index contributed by atoms with van der Waals surface area (Å²) in [5.74, 6) is -1.81. The van der Waals surface area contributed by atoms with Gasteiger partial charge in [0, 0.05) is 46.1 Å². The van der Waals surface area contributed by atoms with Gasteiger partial charge in [0.1, 0.15) is 11.2 Å². The van der Waals surface area contributed by atoms with Gasteiger partial charge in [-0.15, -0.1) is 0 Å². The van der Waals surface area contributed by atoms with Crippen molar-refractivity contribution in [2.75, 3.05) is 24.4 Å². The van der Waals surface area contributed by atoms with Gasteiger partial charge in [-0.1, -0.05) is 17.7 Å². The van der Waals surface area contributed by atoms with E-state index in [-0.39, 0.29) is 54.0 Å². The first-order valence-corrected chi connectivity index (χ1v) is 14.2. The predicted molar refractivity (Wildman–Crippen MR) is 160 cm³/mol. The summed E-state index contributed by atoms with van der Waals surface area (Å²) in [5.41, 5.74) is -0.0980. The molecule has 4 aromatic rings. The Morgan fingerprint density at radius 2 is 1.67 bits per heavy atom. The number of halogens is 2. The molecule has 1 heterocycles. The number of ether oxygens (including phenoxy) is 3. The number of hydrogen-bond donors (Lipinski definition) is 2. The largest absolute Gasteiger partial charge is 1.00 e. The van der Waals surface area contributed by atoms with Crippen LogP contribution in [-0.4, -0.2) is 36.5 Å². The molecule has 0 saturated heterocycles. The van der Waals surface area contributed by atoms with Crippen molar-refractivity contribution in [1.29, 1.82) is 0 Å². The minimum Gasteiger partial charge on any atom is -0.550 e. The normalized spacial score (nSPS) is 12.9. The Morgan fingerprint density at radius 1 is 0.933 bits per heavy atom. The van der Waals surface area contributed by atoms with E-state index >= 15 is 4.39 Å². The molecular formula is C32H28ClFN3NaO7. The van der Waals surface area contributed by atoms with Crippen LogP contribution in [0, 0.1) is 11.2 Å². The second kappa shape index (κ2) is 14.9. The number of carbonyl (C=O) groups is 3. The number of nitrogens with one attached hydrogen (secondary N) is 2. The molecule has 5 rings (SSSR count). The number of carboxylic acid groups (broad SMARTS) is 1. The zero-order chi connectivity index (χ0) is 31.3. The first kappa shape index (κ1) is 34.0. The van der Waals surface area contributed by atoms with Crippen molar-refractivity contribution in [2.24, 2.45) is 5.41 Å². The number of nitrogens with zero attached hydrogens (tertiary/aromatic N) is 1. The van der Waals surface area contributed by atoms with Crippen LogP contribution in [-0.2, 0) is 14.4 Å². The Bertz CT molecular complexity index is 1730. The van der Waals surface area contributed by atoms with Gasteiger partial charge >= 0.3 is 29.6 Å². The number of carbonyl (C=O) groups excluding carboxylic acids is 3. The summed E-state index contributed by atoms with van der Waals surface area (Å²) in [4.78, 5) is 40.9. The summed E-state index contributed by atoms with van der Waals surface area (Å²) >= 11 is 5.98. The van der Waals surface area contributed by atoms with Crippen molar-refractivity contribution < 1.29 is 67.6 Å². The van der Waals surface area contributed by atoms with E-state index in [1.165, 1.54) is 25.4 Å². The zero-order valence-electron chi connectivity index (χ0n) is 24.7. The Morgan fingerprint density at radius 3 is 2.31 bits per heavy atom. The van der Waals surface area contributed by atoms with E-state index in [0.717, 1.165) is 6.07 Å². The summed E-state index contributed by atoms with van der Waals surface area (Å²) < 4.78 is 32.3. The number of hydrogen-bond acceptors (Lipinski definition) is 8. The second-order valence-electron chi connectivity index (χ2n) is 10.3. The van der Waals surface area contributed by atoms with Crippen molar-refractivity contribution >= 4 is 51.7 Å². The van der Waals surface area contributed by atoms with Crippen molar-refractivity contribution in [3.63, 3.8) is 0 Å². The fraction of sp³-hybridized carbons (Fsp3) is 0.250. The number of aliphatic carboxylic acids is 1. The van der Waals surface area contributed by atoms with E-state index in [0.29, 0.717) is 64.5 Å². The maximum atomic E-state index is 15.2. The summed E-state index contributed by atoms with van der Waals surface area (Å²) in [6.45, 7) is 0.271. The minimum absolute atomic E-state index is 0. The maximum Gasteiger partial charge on any atom is 1.00 e. The Balaban J connectivity index is 0.00000461. The SMILES string of the molecule is COc1cc2c(Oc3ccc(NC(=O)C4(C(=O)Nc5cccc(Cl)c5)CC4)cc3F)ccnc2cc1OCCCCC(=O)[O-].[Na+]. The number of carboxylic acids is 1. The van der Waals surface area contributed by atoms with Crippen LogP contribution in [0.4, 0.5) is 15.8 Å². The predicted octanol–water partition coefficient (Wildman–Crippen LogP) is 2.49. The second-order valence-corrected chi connectivity index (χ2v) is 10.7. The van der Waals surface area contributed by atoms with Gasteiger partial charge in [0.15, 0.2) is 23.1 Å². The number of unbranched alkanes of at least 4 members (excludes halogenated alkanes) is 1. The third-order valence-electron chi connectivity index (χ3n) is 7.13. The van der Waals surface area contributed by atoms with Crippen LogP contribution in [0.15, 0.2) is 66.9 Å². The Hall–Kier alpha value is -3.90. The fourth-order valence-corrected chi connectivity index (χ4v) is 4.76. The number of pyridine rings is 1. The number of amides is 2. The molecule has 1 fully saturated rings. The molecule has 0 aliphatic heterocycles. The minimum atomic E-state index is -1.25. The molecular weight excluding hydrogens is 616 g/mol. The van der Waals surface area contributed by atoms with Crippen molar-refractivity contribution in [3.8, 4) is 23.0 Å².